The van der Waals surface area contributed by atoms with Gasteiger partial charge in [-0.2, -0.15) is 10.1 Å². The highest BCUT2D eigenvalue weighted by Gasteiger charge is 2.50. The normalized spacial score (nSPS) is 27.1. The van der Waals surface area contributed by atoms with Crippen LogP contribution in [0.1, 0.15) is 44.0 Å². The number of hydrogen-bond acceptors (Lipinski definition) is 6. The molecule has 0 amide bonds. The molecule has 25 heavy (non-hydrogen) atoms. The molecule has 1 saturated carbocycles. The van der Waals surface area contributed by atoms with Crippen molar-refractivity contribution < 1.29 is 4.52 Å². The van der Waals surface area contributed by atoms with Crippen molar-refractivity contribution in [3.05, 3.63) is 24.3 Å². The van der Waals surface area contributed by atoms with Gasteiger partial charge >= 0.3 is 6.01 Å². The fourth-order valence-electron chi connectivity index (χ4n) is 5.10. The van der Waals surface area contributed by atoms with Crippen LogP contribution in [0.25, 0.3) is 0 Å². The molecule has 0 radical (unpaired) electrons. The van der Waals surface area contributed by atoms with E-state index >= 15 is 0 Å². The van der Waals surface area contributed by atoms with E-state index < -0.39 is 0 Å². The fourth-order valence-corrected chi connectivity index (χ4v) is 5.10. The molecule has 2 aromatic rings. The number of likely N-dealkylation sites (tertiary alicyclic amines) is 1. The van der Waals surface area contributed by atoms with Crippen LogP contribution in [0, 0.1) is 12.3 Å². The number of hydrogen-bond donors (Lipinski definition) is 0. The third kappa shape index (κ3) is 2.74. The molecule has 5 rings (SSSR count). The van der Waals surface area contributed by atoms with Gasteiger partial charge in [-0.3, -0.25) is 4.68 Å². The summed E-state index contributed by atoms with van der Waals surface area (Å²) in [7, 11) is 0. The van der Waals surface area contributed by atoms with Crippen molar-refractivity contribution in [2.24, 2.45) is 5.41 Å². The van der Waals surface area contributed by atoms with E-state index in [1.54, 1.807) is 0 Å². The predicted octanol–water partition coefficient (Wildman–Crippen LogP) is 2.27. The summed E-state index contributed by atoms with van der Waals surface area (Å²) in [6, 6.07) is 4.07. The molecule has 4 heterocycles. The van der Waals surface area contributed by atoms with E-state index in [0.29, 0.717) is 17.5 Å². The van der Waals surface area contributed by atoms with Crippen LogP contribution in [-0.2, 0) is 0 Å². The molecule has 1 unspecified atom stereocenters. The highest BCUT2D eigenvalue weighted by molar-refractivity contribution is 5.33. The minimum atomic E-state index is 0.478. The number of aryl methyl sites for hydroxylation is 1. The van der Waals surface area contributed by atoms with Gasteiger partial charge in [0.1, 0.15) is 0 Å². The van der Waals surface area contributed by atoms with Crippen molar-refractivity contribution in [1.82, 2.24) is 24.8 Å². The van der Waals surface area contributed by atoms with Crippen LogP contribution >= 0.6 is 0 Å². The summed E-state index contributed by atoms with van der Waals surface area (Å²) >= 11 is 0. The maximum atomic E-state index is 5.31. The lowest BCUT2D eigenvalue weighted by atomic mass is 9.78. The van der Waals surface area contributed by atoms with Crippen LogP contribution in [0.2, 0.25) is 0 Å². The molecule has 1 atom stereocenters. The van der Waals surface area contributed by atoms with Gasteiger partial charge in [-0.05, 0) is 45.1 Å². The Morgan fingerprint density at radius 1 is 1.16 bits per heavy atom. The highest BCUT2D eigenvalue weighted by Crippen LogP contribution is 2.48. The summed E-state index contributed by atoms with van der Waals surface area (Å²) in [5.41, 5.74) is 0.478. The molecule has 2 saturated heterocycles. The number of anilines is 1. The molecule has 7 heteroatoms. The predicted molar refractivity (Wildman–Crippen MR) is 93.4 cm³/mol. The molecule has 3 fully saturated rings. The first-order valence-corrected chi connectivity index (χ1v) is 9.49. The first kappa shape index (κ1) is 15.4. The molecule has 1 aliphatic carbocycles. The molecule has 0 bridgehead atoms. The fraction of sp³-hybridized carbons (Fsp3) is 0.722. The van der Waals surface area contributed by atoms with Crippen molar-refractivity contribution >= 4 is 6.01 Å². The first-order chi connectivity index (χ1) is 12.2. The minimum Gasteiger partial charge on any atom is -0.323 e. The summed E-state index contributed by atoms with van der Waals surface area (Å²) in [4.78, 5) is 9.33. The molecule has 7 nitrogen and oxygen atoms in total. The molecular weight excluding hydrogens is 316 g/mol. The Balaban J connectivity index is 1.15. The Bertz CT molecular complexity index is 712. The van der Waals surface area contributed by atoms with Crippen LogP contribution in [0.4, 0.5) is 6.01 Å². The largest absolute Gasteiger partial charge is 0.324 e. The Morgan fingerprint density at radius 3 is 2.68 bits per heavy atom. The molecule has 3 aliphatic rings. The molecule has 134 valence electrons. The molecule has 2 aromatic heterocycles. The Labute approximate surface area is 148 Å². The standard InChI is InChI=1S/C18H26N6O/c1-14-20-17(25-21-14)23-12-18(13-23)6-3-16(11-18)22-9-4-15(5-10-22)24-8-2-7-19-24/h2,7-8,15-16H,3-6,9-13H2,1H3. The summed E-state index contributed by atoms with van der Waals surface area (Å²) in [5.74, 6) is 0.723. The lowest BCUT2D eigenvalue weighted by Gasteiger charge is -2.48. The lowest BCUT2D eigenvalue weighted by molar-refractivity contribution is 0.115. The maximum Gasteiger partial charge on any atom is 0.324 e. The zero-order chi connectivity index (χ0) is 16.9. The zero-order valence-corrected chi connectivity index (χ0v) is 14.8. The second kappa shape index (κ2) is 5.83. The van der Waals surface area contributed by atoms with E-state index in [0.717, 1.165) is 25.0 Å². The van der Waals surface area contributed by atoms with Gasteiger partial charge in [-0.15, -0.1) is 0 Å². The zero-order valence-electron chi connectivity index (χ0n) is 14.8. The van der Waals surface area contributed by atoms with E-state index in [9.17, 15) is 0 Å². The SMILES string of the molecule is Cc1noc(N2CC3(CCC(N4CCC(n5cccn5)CC4)C3)C2)n1. The van der Waals surface area contributed by atoms with Gasteiger partial charge in [0, 0.05) is 50.0 Å². The van der Waals surface area contributed by atoms with Crippen molar-refractivity contribution in [2.45, 2.75) is 51.1 Å². The second-order valence-corrected chi connectivity index (χ2v) is 8.13. The molecule has 2 aliphatic heterocycles. The molecule has 0 aromatic carbocycles. The average molecular weight is 342 g/mol. The summed E-state index contributed by atoms with van der Waals surface area (Å²) in [5, 5.41) is 8.33. The average Bonchev–Trinajstić information content (AvgIpc) is 3.34. The highest BCUT2D eigenvalue weighted by atomic mass is 16.5. The molecule has 0 N–H and O–H groups in total. The van der Waals surface area contributed by atoms with E-state index in [-0.39, 0.29) is 0 Å². The number of nitrogens with zero attached hydrogens (tertiary/aromatic N) is 6. The van der Waals surface area contributed by atoms with Gasteiger partial charge in [0.25, 0.3) is 0 Å². The van der Waals surface area contributed by atoms with Gasteiger partial charge < -0.3 is 14.3 Å². The minimum absolute atomic E-state index is 0.478. The van der Waals surface area contributed by atoms with Gasteiger partial charge in [-0.1, -0.05) is 5.16 Å². The third-order valence-electron chi connectivity index (χ3n) is 6.43. The summed E-state index contributed by atoms with van der Waals surface area (Å²) < 4.78 is 7.45. The van der Waals surface area contributed by atoms with Gasteiger partial charge in [0.05, 0.1) is 6.04 Å². The van der Waals surface area contributed by atoms with E-state index in [4.69, 9.17) is 4.52 Å². The number of rotatable bonds is 3. The summed E-state index contributed by atoms with van der Waals surface area (Å²) in [6.45, 7) is 6.44. The van der Waals surface area contributed by atoms with Crippen LogP contribution in [0.15, 0.2) is 23.0 Å². The monoisotopic (exact) mass is 342 g/mol. The van der Waals surface area contributed by atoms with Crippen molar-refractivity contribution in [3.63, 3.8) is 0 Å². The van der Waals surface area contributed by atoms with Crippen molar-refractivity contribution in [1.29, 1.82) is 0 Å². The first-order valence-electron chi connectivity index (χ1n) is 9.49. The quantitative estimate of drug-likeness (QED) is 0.853. The van der Waals surface area contributed by atoms with Gasteiger partial charge in [0.2, 0.25) is 0 Å². The van der Waals surface area contributed by atoms with Gasteiger partial charge in [0.15, 0.2) is 5.82 Å². The van der Waals surface area contributed by atoms with E-state index in [2.05, 4.69) is 35.9 Å². The molecular formula is C18H26N6O. The summed E-state index contributed by atoms with van der Waals surface area (Å²) in [6.07, 6.45) is 10.4. The molecule has 1 spiro atoms. The number of piperidine rings is 1. The van der Waals surface area contributed by atoms with Crippen LogP contribution in [0.3, 0.4) is 0 Å². The Kier molecular flexibility index (Phi) is 3.58. The van der Waals surface area contributed by atoms with Crippen LogP contribution in [0.5, 0.6) is 0 Å². The van der Waals surface area contributed by atoms with E-state index in [1.807, 2.05) is 19.2 Å². The van der Waals surface area contributed by atoms with Crippen LogP contribution < -0.4 is 4.90 Å². The van der Waals surface area contributed by atoms with E-state index in [1.165, 1.54) is 45.2 Å². The van der Waals surface area contributed by atoms with Crippen molar-refractivity contribution in [2.75, 3.05) is 31.1 Å². The number of aromatic nitrogens is 4. The van der Waals surface area contributed by atoms with Crippen molar-refractivity contribution in [3.8, 4) is 0 Å². The second-order valence-electron chi connectivity index (χ2n) is 8.13. The van der Waals surface area contributed by atoms with Crippen LogP contribution in [-0.4, -0.2) is 57.0 Å². The lowest BCUT2D eigenvalue weighted by Crippen LogP contribution is -2.56. The Morgan fingerprint density at radius 2 is 2.00 bits per heavy atom. The Hall–Kier alpha value is -1.89. The van der Waals surface area contributed by atoms with Gasteiger partial charge in [-0.25, -0.2) is 0 Å². The topological polar surface area (TPSA) is 63.2 Å². The smallest absolute Gasteiger partial charge is 0.323 e. The third-order valence-corrected chi connectivity index (χ3v) is 6.43. The maximum absolute atomic E-state index is 5.31.